The first-order chi connectivity index (χ1) is 19.3. The van der Waals surface area contributed by atoms with Gasteiger partial charge in [-0.05, 0) is 60.6 Å². The van der Waals surface area contributed by atoms with Gasteiger partial charge in [0.1, 0.15) is 13.6 Å². The van der Waals surface area contributed by atoms with Gasteiger partial charge in [0.25, 0.3) is 0 Å². The molecule has 0 saturated carbocycles. The molecule has 6 nitrogen and oxygen atoms in total. The van der Waals surface area contributed by atoms with Gasteiger partial charge in [-0.15, -0.1) is 0 Å². The van der Waals surface area contributed by atoms with Crippen LogP contribution in [0.1, 0.15) is 83.8 Å². The maximum atomic E-state index is 12.5. The molecule has 0 spiro atoms. The van der Waals surface area contributed by atoms with Crippen molar-refractivity contribution < 1.29 is 28.5 Å². The van der Waals surface area contributed by atoms with E-state index in [0.29, 0.717) is 36.9 Å². The zero-order valence-corrected chi connectivity index (χ0v) is 25.0. The quantitative estimate of drug-likeness (QED) is 0.0964. The molecular formula is C34H48O6. The van der Waals surface area contributed by atoms with Crippen molar-refractivity contribution in [3.63, 3.8) is 0 Å². The Kier molecular flexibility index (Phi) is 13.2. The lowest BCUT2D eigenvalue weighted by atomic mass is 9.93. The van der Waals surface area contributed by atoms with Crippen LogP contribution in [-0.4, -0.2) is 39.4 Å². The van der Waals surface area contributed by atoms with E-state index in [4.69, 9.17) is 23.7 Å². The van der Waals surface area contributed by atoms with E-state index in [1.807, 2.05) is 25.1 Å². The van der Waals surface area contributed by atoms with Crippen molar-refractivity contribution in [2.24, 2.45) is 5.41 Å². The van der Waals surface area contributed by atoms with Crippen LogP contribution in [0.4, 0.5) is 0 Å². The normalized spacial score (nSPS) is 15.2. The van der Waals surface area contributed by atoms with E-state index < -0.39 is 5.97 Å². The molecule has 0 aliphatic carbocycles. The Hall–Kier alpha value is -2.67. The lowest BCUT2D eigenvalue weighted by Crippen LogP contribution is -2.37. The van der Waals surface area contributed by atoms with Crippen molar-refractivity contribution in [3.05, 3.63) is 59.7 Å². The molecule has 0 atom stereocenters. The lowest BCUT2D eigenvalue weighted by Gasteiger charge is -2.31. The van der Waals surface area contributed by atoms with E-state index in [1.165, 1.54) is 56.1 Å². The number of carbonyl (C=O) groups excluding carboxylic acids is 1. The van der Waals surface area contributed by atoms with E-state index in [-0.39, 0.29) is 19.0 Å². The molecule has 1 fully saturated rings. The highest BCUT2D eigenvalue weighted by Crippen LogP contribution is 2.36. The van der Waals surface area contributed by atoms with E-state index in [1.54, 1.807) is 6.92 Å². The van der Waals surface area contributed by atoms with Crippen LogP contribution in [0.15, 0.2) is 48.6 Å². The monoisotopic (exact) mass is 552 g/mol. The number of unbranched alkanes of at least 4 members (excludes halogenated alkanes) is 6. The third kappa shape index (κ3) is 10.1. The molecule has 0 amide bonds. The van der Waals surface area contributed by atoms with Gasteiger partial charge in [-0.2, -0.15) is 0 Å². The van der Waals surface area contributed by atoms with Gasteiger partial charge in [-0.3, -0.25) is 0 Å². The number of esters is 1. The van der Waals surface area contributed by atoms with Crippen LogP contribution in [0.3, 0.4) is 0 Å². The molecule has 0 bridgehead atoms. The van der Waals surface area contributed by atoms with Crippen LogP contribution >= 0.6 is 0 Å². The fourth-order valence-corrected chi connectivity index (χ4v) is 4.83. The van der Waals surface area contributed by atoms with Crippen LogP contribution in [0, 0.1) is 5.41 Å². The molecule has 0 radical (unpaired) electrons. The average Bonchev–Trinajstić information content (AvgIpc) is 2.94. The van der Waals surface area contributed by atoms with Crippen LogP contribution < -0.4 is 9.47 Å². The summed E-state index contributed by atoms with van der Waals surface area (Å²) >= 11 is 0. The van der Waals surface area contributed by atoms with Crippen LogP contribution in [-0.2, 0) is 31.8 Å². The zero-order chi connectivity index (χ0) is 28.8. The van der Waals surface area contributed by atoms with Gasteiger partial charge in [0.2, 0.25) is 0 Å². The Morgan fingerprint density at radius 3 is 2.27 bits per heavy atom. The summed E-state index contributed by atoms with van der Waals surface area (Å²) in [7, 11) is 0. The summed E-state index contributed by atoms with van der Waals surface area (Å²) in [5.74, 6) is 0.384. The summed E-state index contributed by atoms with van der Waals surface area (Å²) in [6.45, 7) is 13.4. The van der Waals surface area contributed by atoms with Gasteiger partial charge in [-0.1, -0.05) is 90.1 Å². The number of hydrogen-bond acceptors (Lipinski definition) is 6. The number of benzene rings is 2. The number of carbonyl (C=O) groups is 1. The van der Waals surface area contributed by atoms with Crippen molar-refractivity contribution in [2.45, 2.75) is 85.5 Å². The minimum absolute atomic E-state index is 0.184. The van der Waals surface area contributed by atoms with Gasteiger partial charge >= 0.3 is 5.97 Å². The lowest BCUT2D eigenvalue weighted by molar-refractivity contribution is -0.191. The standard InChI is InChI=1S/C34H48O6/c1-6-8-9-10-11-12-13-14-27-15-17-30(28(7-2)19-27)29-16-18-31(32(20-29)40-33(35)26(3)4)39-23-34(5)21-36-24-38-25-37-22-34/h15-20H,3,6-14,21-25H2,1-2,4-5H3. The molecular weight excluding hydrogens is 504 g/mol. The minimum Gasteiger partial charge on any atom is -0.489 e. The van der Waals surface area contributed by atoms with Crippen LogP contribution in [0.5, 0.6) is 11.5 Å². The maximum absolute atomic E-state index is 12.5. The Labute approximate surface area is 241 Å². The molecule has 0 unspecified atom stereocenters. The van der Waals surface area contributed by atoms with E-state index >= 15 is 0 Å². The zero-order valence-electron chi connectivity index (χ0n) is 25.0. The summed E-state index contributed by atoms with van der Waals surface area (Å²) in [5.41, 5.74) is 4.74. The van der Waals surface area contributed by atoms with Gasteiger partial charge in [0.15, 0.2) is 11.5 Å². The Morgan fingerprint density at radius 2 is 1.60 bits per heavy atom. The Bertz CT molecular complexity index is 1080. The van der Waals surface area contributed by atoms with Gasteiger partial charge < -0.3 is 23.7 Å². The first kappa shape index (κ1) is 31.9. The summed E-state index contributed by atoms with van der Waals surface area (Å²) < 4.78 is 28.3. The number of ether oxygens (including phenoxy) is 5. The second kappa shape index (κ2) is 16.6. The third-order valence-electron chi connectivity index (χ3n) is 7.24. The predicted molar refractivity (Wildman–Crippen MR) is 160 cm³/mol. The summed E-state index contributed by atoms with van der Waals surface area (Å²) in [5, 5.41) is 0. The molecule has 0 aromatic heterocycles. The molecule has 2 aromatic carbocycles. The first-order valence-electron chi connectivity index (χ1n) is 14.8. The van der Waals surface area contributed by atoms with Crippen molar-refractivity contribution in [3.8, 4) is 22.6 Å². The molecule has 1 aliphatic rings. The second-order valence-corrected chi connectivity index (χ2v) is 11.3. The van der Waals surface area contributed by atoms with Crippen molar-refractivity contribution in [1.82, 2.24) is 0 Å². The summed E-state index contributed by atoms with van der Waals surface area (Å²) in [6, 6.07) is 12.5. The fourth-order valence-electron chi connectivity index (χ4n) is 4.83. The highest BCUT2D eigenvalue weighted by molar-refractivity contribution is 5.89. The van der Waals surface area contributed by atoms with E-state index in [2.05, 4.69) is 38.6 Å². The highest BCUT2D eigenvalue weighted by atomic mass is 16.7. The predicted octanol–water partition coefficient (Wildman–Crippen LogP) is 8.05. The molecule has 3 rings (SSSR count). The SMILES string of the molecule is C=C(C)C(=O)Oc1cc(-c2ccc(CCCCCCCCC)cc2CC)ccc1OCC1(C)COCOCOC1. The Morgan fingerprint density at radius 1 is 0.900 bits per heavy atom. The van der Waals surface area contributed by atoms with Crippen molar-refractivity contribution in [1.29, 1.82) is 0 Å². The molecule has 1 heterocycles. The van der Waals surface area contributed by atoms with Crippen molar-refractivity contribution >= 4 is 5.97 Å². The van der Waals surface area contributed by atoms with Crippen molar-refractivity contribution in [2.75, 3.05) is 33.4 Å². The van der Waals surface area contributed by atoms with Crippen LogP contribution in [0.25, 0.3) is 11.1 Å². The molecule has 0 N–H and O–H groups in total. The number of hydrogen-bond donors (Lipinski definition) is 0. The largest absolute Gasteiger partial charge is 0.489 e. The molecule has 1 saturated heterocycles. The van der Waals surface area contributed by atoms with Crippen LogP contribution in [0.2, 0.25) is 0 Å². The topological polar surface area (TPSA) is 63.2 Å². The first-order valence-corrected chi connectivity index (χ1v) is 14.8. The molecule has 1 aliphatic heterocycles. The maximum Gasteiger partial charge on any atom is 0.338 e. The van der Waals surface area contributed by atoms with Gasteiger partial charge in [0, 0.05) is 11.0 Å². The molecule has 6 heteroatoms. The fraction of sp³-hybridized carbons (Fsp3) is 0.559. The smallest absolute Gasteiger partial charge is 0.338 e. The Balaban J connectivity index is 1.75. The van der Waals surface area contributed by atoms with E-state index in [0.717, 1.165) is 24.0 Å². The average molecular weight is 553 g/mol. The molecule has 40 heavy (non-hydrogen) atoms. The molecule has 220 valence electrons. The number of aryl methyl sites for hydroxylation is 2. The summed E-state index contributed by atoms with van der Waals surface area (Å²) in [6.07, 6.45) is 11.2. The third-order valence-corrected chi connectivity index (χ3v) is 7.24. The van der Waals surface area contributed by atoms with E-state index in [9.17, 15) is 4.79 Å². The van der Waals surface area contributed by atoms with Gasteiger partial charge in [0.05, 0.1) is 19.8 Å². The minimum atomic E-state index is -0.483. The highest BCUT2D eigenvalue weighted by Gasteiger charge is 2.29. The summed E-state index contributed by atoms with van der Waals surface area (Å²) in [4.78, 5) is 12.5. The molecule has 2 aromatic rings. The second-order valence-electron chi connectivity index (χ2n) is 11.3. The van der Waals surface area contributed by atoms with Gasteiger partial charge in [-0.25, -0.2) is 4.79 Å². The number of rotatable bonds is 15.